The SMILES string of the molecule is O=C(O)C(F)(F)F.O=C(O)C(F)(F)F.c1cncc(CN2CCc3c(COCC4CC4)cncc3C2)c1. The van der Waals surface area contributed by atoms with Crippen LogP contribution in [-0.2, 0) is 40.4 Å². The Morgan fingerprint density at radius 2 is 1.62 bits per heavy atom. The zero-order chi connectivity index (χ0) is 27.6. The van der Waals surface area contributed by atoms with E-state index in [4.69, 9.17) is 24.5 Å². The van der Waals surface area contributed by atoms with Gasteiger partial charge < -0.3 is 14.9 Å². The lowest BCUT2D eigenvalue weighted by Gasteiger charge is -2.29. The van der Waals surface area contributed by atoms with Gasteiger partial charge in [0, 0.05) is 51.0 Å². The lowest BCUT2D eigenvalue weighted by atomic mass is 9.97. The van der Waals surface area contributed by atoms with Crippen molar-refractivity contribution < 1.29 is 50.9 Å². The summed E-state index contributed by atoms with van der Waals surface area (Å²) in [6.45, 7) is 4.64. The molecule has 204 valence electrons. The van der Waals surface area contributed by atoms with E-state index in [9.17, 15) is 26.3 Å². The molecule has 0 aromatic carbocycles. The first-order chi connectivity index (χ1) is 17.3. The summed E-state index contributed by atoms with van der Waals surface area (Å²) in [7, 11) is 0. The largest absolute Gasteiger partial charge is 0.490 e. The Bertz CT molecular complexity index is 1010. The van der Waals surface area contributed by atoms with Crippen LogP contribution in [-0.4, -0.2) is 62.5 Å². The molecule has 8 nitrogen and oxygen atoms in total. The number of rotatable bonds is 6. The molecule has 0 spiro atoms. The first kappa shape index (κ1) is 30.0. The smallest absolute Gasteiger partial charge is 0.475 e. The van der Waals surface area contributed by atoms with Gasteiger partial charge in [-0.2, -0.15) is 26.3 Å². The first-order valence-corrected chi connectivity index (χ1v) is 11.0. The number of carbonyl (C=O) groups is 2. The zero-order valence-corrected chi connectivity index (χ0v) is 19.4. The Hall–Kier alpha value is -3.26. The van der Waals surface area contributed by atoms with E-state index >= 15 is 0 Å². The highest BCUT2D eigenvalue weighted by Gasteiger charge is 2.38. The van der Waals surface area contributed by atoms with Gasteiger partial charge in [0.25, 0.3) is 0 Å². The molecule has 1 saturated carbocycles. The molecule has 2 aliphatic rings. The zero-order valence-electron chi connectivity index (χ0n) is 19.4. The summed E-state index contributed by atoms with van der Waals surface area (Å²) < 4.78 is 69.3. The Morgan fingerprint density at radius 1 is 1.00 bits per heavy atom. The van der Waals surface area contributed by atoms with E-state index in [1.54, 1.807) is 0 Å². The average Bonchev–Trinajstić information content (AvgIpc) is 3.64. The molecule has 0 amide bonds. The molecule has 3 heterocycles. The average molecular weight is 537 g/mol. The molecule has 0 unspecified atom stereocenters. The number of hydrogen-bond donors (Lipinski definition) is 2. The van der Waals surface area contributed by atoms with E-state index in [-0.39, 0.29) is 0 Å². The number of alkyl halides is 6. The van der Waals surface area contributed by atoms with E-state index < -0.39 is 24.3 Å². The maximum absolute atomic E-state index is 10.6. The molecule has 2 N–H and O–H groups in total. The Kier molecular flexibility index (Phi) is 10.8. The molecular formula is C23H25F6N3O5. The predicted molar refractivity (Wildman–Crippen MR) is 116 cm³/mol. The van der Waals surface area contributed by atoms with Crippen LogP contribution in [0.5, 0.6) is 0 Å². The summed E-state index contributed by atoms with van der Waals surface area (Å²) in [5.74, 6) is -4.70. The molecule has 1 aliphatic carbocycles. The minimum absolute atomic E-state index is 0.718. The Labute approximate surface area is 207 Å². The predicted octanol–water partition coefficient (Wildman–Crippen LogP) is 4.23. The molecular weight excluding hydrogens is 512 g/mol. The van der Waals surface area contributed by atoms with Gasteiger partial charge in [-0.1, -0.05) is 6.07 Å². The standard InChI is InChI=1S/C19H23N3O.2C2HF3O2/c1-2-16(8-20-6-1)11-22-7-5-19-17(12-22)9-21-10-18(19)14-23-13-15-3-4-15;2*3-2(4,5)1(6)7/h1-2,6,8-10,15H,3-5,7,11-14H2;2*(H,6,7). The fraction of sp³-hybridized carbons (Fsp3) is 0.478. The minimum atomic E-state index is -5.08. The highest BCUT2D eigenvalue weighted by atomic mass is 19.4. The van der Waals surface area contributed by atoms with Gasteiger partial charge in [0.15, 0.2) is 0 Å². The molecule has 0 atom stereocenters. The molecule has 0 bridgehead atoms. The summed E-state index contributed by atoms with van der Waals surface area (Å²) in [5, 5.41) is 14.2. The van der Waals surface area contributed by atoms with Crippen molar-refractivity contribution in [3.05, 3.63) is 59.2 Å². The number of hydrogen-bond acceptors (Lipinski definition) is 6. The Morgan fingerprint density at radius 3 is 2.14 bits per heavy atom. The second-order valence-electron chi connectivity index (χ2n) is 8.32. The second kappa shape index (κ2) is 13.3. The van der Waals surface area contributed by atoms with Crippen molar-refractivity contribution in [3.63, 3.8) is 0 Å². The van der Waals surface area contributed by atoms with Crippen molar-refractivity contribution in [2.75, 3.05) is 13.2 Å². The highest BCUT2D eigenvalue weighted by Crippen LogP contribution is 2.29. The fourth-order valence-corrected chi connectivity index (χ4v) is 3.26. The van der Waals surface area contributed by atoms with Crippen LogP contribution < -0.4 is 0 Å². The summed E-state index contributed by atoms with van der Waals surface area (Å²) in [4.78, 5) is 28.9. The summed E-state index contributed by atoms with van der Waals surface area (Å²) in [5.41, 5.74) is 5.36. The number of aromatic nitrogens is 2. The quantitative estimate of drug-likeness (QED) is 0.527. The summed E-state index contributed by atoms with van der Waals surface area (Å²) in [6, 6.07) is 4.15. The Balaban J connectivity index is 0.000000286. The third kappa shape index (κ3) is 11.1. The van der Waals surface area contributed by atoms with E-state index in [0.29, 0.717) is 0 Å². The molecule has 4 rings (SSSR count). The topological polar surface area (TPSA) is 113 Å². The van der Waals surface area contributed by atoms with Gasteiger partial charge >= 0.3 is 24.3 Å². The monoisotopic (exact) mass is 537 g/mol. The minimum Gasteiger partial charge on any atom is -0.475 e. The molecule has 2 aromatic heterocycles. The van der Waals surface area contributed by atoms with E-state index in [0.717, 1.165) is 45.2 Å². The van der Waals surface area contributed by atoms with Crippen LogP contribution in [0, 0.1) is 5.92 Å². The second-order valence-corrected chi connectivity index (χ2v) is 8.32. The van der Waals surface area contributed by atoms with Gasteiger partial charge in [0.2, 0.25) is 0 Å². The number of aliphatic carboxylic acids is 2. The van der Waals surface area contributed by atoms with Crippen LogP contribution in [0.3, 0.4) is 0 Å². The number of fused-ring (bicyclic) bond motifs is 1. The van der Waals surface area contributed by atoms with Crippen LogP contribution >= 0.6 is 0 Å². The van der Waals surface area contributed by atoms with Gasteiger partial charge in [-0.25, -0.2) is 9.59 Å². The van der Waals surface area contributed by atoms with Gasteiger partial charge in [0.1, 0.15) is 0 Å². The number of carboxylic acid groups (broad SMARTS) is 2. The van der Waals surface area contributed by atoms with Crippen LogP contribution in [0.25, 0.3) is 0 Å². The van der Waals surface area contributed by atoms with Gasteiger partial charge in [-0.3, -0.25) is 14.9 Å². The third-order valence-electron chi connectivity index (χ3n) is 5.23. The highest BCUT2D eigenvalue weighted by molar-refractivity contribution is 5.73. The van der Waals surface area contributed by atoms with Crippen molar-refractivity contribution in [2.45, 2.75) is 51.3 Å². The summed E-state index contributed by atoms with van der Waals surface area (Å²) in [6.07, 6.45) is 1.39. The van der Waals surface area contributed by atoms with Gasteiger partial charge in [-0.15, -0.1) is 0 Å². The fourth-order valence-electron chi connectivity index (χ4n) is 3.26. The van der Waals surface area contributed by atoms with Crippen molar-refractivity contribution >= 4 is 11.9 Å². The number of pyridine rings is 2. The molecule has 37 heavy (non-hydrogen) atoms. The van der Waals surface area contributed by atoms with E-state index in [1.807, 2.05) is 30.9 Å². The molecule has 14 heteroatoms. The number of ether oxygens (including phenoxy) is 1. The van der Waals surface area contributed by atoms with Gasteiger partial charge in [-0.05, 0) is 53.5 Å². The van der Waals surface area contributed by atoms with Crippen LogP contribution in [0.1, 0.15) is 35.1 Å². The normalized spacial score (nSPS) is 15.4. The third-order valence-corrected chi connectivity index (χ3v) is 5.23. The lowest BCUT2D eigenvalue weighted by Crippen LogP contribution is -2.31. The van der Waals surface area contributed by atoms with E-state index in [1.165, 1.54) is 35.1 Å². The van der Waals surface area contributed by atoms with E-state index in [2.05, 4.69) is 20.9 Å². The molecule has 2 aromatic rings. The number of halogens is 6. The molecule has 1 aliphatic heterocycles. The van der Waals surface area contributed by atoms with Crippen LogP contribution in [0.4, 0.5) is 26.3 Å². The summed E-state index contributed by atoms with van der Waals surface area (Å²) >= 11 is 0. The van der Waals surface area contributed by atoms with Crippen LogP contribution in [0.15, 0.2) is 36.9 Å². The van der Waals surface area contributed by atoms with Crippen molar-refractivity contribution in [3.8, 4) is 0 Å². The number of nitrogens with zero attached hydrogens (tertiary/aromatic N) is 3. The van der Waals surface area contributed by atoms with Crippen LogP contribution in [0.2, 0.25) is 0 Å². The lowest BCUT2D eigenvalue weighted by molar-refractivity contribution is -0.193. The van der Waals surface area contributed by atoms with Crippen molar-refractivity contribution in [2.24, 2.45) is 5.92 Å². The maximum atomic E-state index is 10.6. The van der Waals surface area contributed by atoms with Gasteiger partial charge in [0.05, 0.1) is 6.61 Å². The molecule has 0 saturated heterocycles. The molecule has 0 radical (unpaired) electrons. The van der Waals surface area contributed by atoms with Crippen molar-refractivity contribution in [1.82, 2.24) is 14.9 Å². The van der Waals surface area contributed by atoms with Crippen molar-refractivity contribution in [1.29, 1.82) is 0 Å². The first-order valence-electron chi connectivity index (χ1n) is 11.0. The maximum Gasteiger partial charge on any atom is 0.490 e. The molecule has 1 fully saturated rings. The number of carboxylic acids is 2.